The van der Waals surface area contributed by atoms with Gasteiger partial charge in [-0.05, 0) is 54.7 Å². The van der Waals surface area contributed by atoms with E-state index in [0.717, 1.165) is 31.2 Å². The number of anilines is 2. The Balaban J connectivity index is 1.50. The van der Waals surface area contributed by atoms with Gasteiger partial charge in [0.1, 0.15) is 0 Å². The zero-order valence-corrected chi connectivity index (χ0v) is 20.5. The van der Waals surface area contributed by atoms with Crippen LogP contribution in [0.3, 0.4) is 0 Å². The molecule has 0 aliphatic carbocycles. The van der Waals surface area contributed by atoms with Gasteiger partial charge in [-0.3, -0.25) is 14.3 Å². The highest BCUT2D eigenvalue weighted by Crippen LogP contribution is 2.38. The smallest absolute Gasteiger partial charge is 0.261 e. The minimum atomic E-state index is -3.83. The van der Waals surface area contributed by atoms with Gasteiger partial charge in [0.05, 0.1) is 10.6 Å². The third-order valence-corrected chi connectivity index (χ3v) is 8.61. The van der Waals surface area contributed by atoms with Crippen LogP contribution in [0.25, 0.3) is 0 Å². The van der Waals surface area contributed by atoms with E-state index in [4.69, 9.17) is 0 Å². The molecule has 2 amide bonds. The Morgan fingerprint density at radius 2 is 1.73 bits per heavy atom. The van der Waals surface area contributed by atoms with Crippen LogP contribution >= 0.6 is 11.8 Å². The van der Waals surface area contributed by atoms with Crippen molar-refractivity contribution in [3.05, 3.63) is 48.0 Å². The summed E-state index contributed by atoms with van der Waals surface area (Å²) < 4.78 is 28.4. The largest absolute Gasteiger partial charge is 0.341 e. The van der Waals surface area contributed by atoms with Crippen LogP contribution in [0.5, 0.6) is 0 Å². The maximum atomic E-state index is 13.0. The number of nitrogens with one attached hydrogen (secondary N) is 2. The maximum Gasteiger partial charge on any atom is 0.261 e. The Labute approximate surface area is 199 Å². The molecule has 0 spiro atoms. The normalized spacial score (nSPS) is 18.9. The summed E-state index contributed by atoms with van der Waals surface area (Å²) in [7, 11) is -3.83. The van der Waals surface area contributed by atoms with Crippen molar-refractivity contribution in [2.45, 2.75) is 60.5 Å². The Morgan fingerprint density at radius 1 is 1.06 bits per heavy atom. The standard InChI is InChI=1S/C24H29N3O4S2/c1-16(2)17-7-9-18(10-8-17)26-33(30,31)19-11-12-21-20(15-19)25-23(28)22(32-21)24(29)27-13-5-3-4-6-14-27/h7-12,15-16,22,26H,3-6,13-14H2,1-2H3,(H,25,28). The van der Waals surface area contributed by atoms with E-state index in [9.17, 15) is 18.0 Å². The fraction of sp³-hybridized carbons (Fsp3) is 0.417. The minimum Gasteiger partial charge on any atom is -0.341 e. The predicted octanol–water partition coefficient (Wildman–Crippen LogP) is 4.43. The van der Waals surface area contributed by atoms with Gasteiger partial charge >= 0.3 is 0 Å². The van der Waals surface area contributed by atoms with E-state index in [-0.39, 0.29) is 10.8 Å². The molecule has 1 saturated heterocycles. The first kappa shape index (κ1) is 23.6. The maximum absolute atomic E-state index is 13.0. The molecule has 2 N–H and O–H groups in total. The molecular formula is C24H29N3O4S2. The van der Waals surface area contributed by atoms with E-state index in [1.165, 1.54) is 23.9 Å². The van der Waals surface area contributed by atoms with Gasteiger partial charge in [-0.25, -0.2) is 8.42 Å². The molecule has 176 valence electrons. The van der Waals surface area contributed by atoms with Gasteiger partial charge in [-0.1, -0.05) is 38.8 Å². The molecule has 2 aliphatic rings. The molecule has 33 heavy (non-hydrogen) atoms. The lowest BCUT2D eigenvalue weighted by Gasteiger charge is -2.28. The van der Waals surface area contributed by atoms with Crippen LogP contribution in [-0.2, 0) is 19.6 Å². The number of carbonyl (C=O) groups excluding carboxylic acids is 2. The topological polar surface area (TPSA) is 95.6 Å². The second kappa shape index (κ2) is 9.77. The van der Waals surface area contributed by atoms with Gasteiger partial charge in [0.25, 0.3) is 10.0 Å². The van der Waals surface area contributed by atoms with Crippen LogP contribution in [0.1, 0.15) is 51.0 Å². The van der Waals surface area contributed by atoms with Gasteiger partial charge in [-0.2, -0.15) is 0 Å². The van der Waals surface area contributed by atoms with E-state index in [2.05, 4.69) is 23.9 Å². The van der Waals surface area contributed by atoms with Crippen molar-refractivity contribution in [1.29, 1.82) is 0 Å². The molecule has 9 heteroatoms. The molecule has 0 bridgehead atoms. The molecule has 0 radical (unpaired) electrons. The molecule has 7 nitrogen and oxygen atoms in total. The summed E-state index contributed by atoms with van der Waals surface area (Å²) in [4.78, 5) is 28.2. The molecule has 2 aromatic carbocycles. The average molecular weight is 488 g/mol. The van der Waals surface area contributed by atoms with Gasteiger partial charge in [0, 0.05) is 23.7 Å². The van der Waals surface area contributed by atoms with Crippen molar-refractivity contribution >= 4 is 45.0 Å². The zero-order valence-electron chi connectivity index (χ0n) is 18.8. The lowest BCUT2D eigenvalue weighted by Crippen LogP contribution is -2.45. The van der Waals surface area contributed by atoms with E-state index >= 15 is 0 Å². The second-order valence-electron chi connectivity index (χ2n) is 8.77. The average Bonchev–Trinajstić information content (AvgIpc) is 3.07. The number of sulfonamides is 1. The number of amides is 2. The molecule has 4 rings (SSSR count). The number of likely N-dealkylation sites (tertiary alicyclic amines) is 1. The van der Waals surface area contributed by atoms with Crippen LogP contribution in [0, 0.1) is 0 Å². The van der Waals surface area contributed by atoms with Crippen molar-refractivity contribution < 1.29 is 18.0 Å². The molecule has 2 heterocycles. The molecule has 1 unspecified atom stereocenters. The van der Waals surface area contributed by atoms with Crippen LogP contribution in [-0.4, -0.2) is 43.5 Å². The predicted molar refractivity (Wildman–Crippen MR) is 131 cm³/mol. The number of hydrogen-bond donors (Lipinski definition) is 2. The van der Waals surface area contributed by atoms with Gasteiger partial charge in [0.2, 0.25) is 11.8 Å². The summed E-state index contributed by atoms with van der Waals surface area (Å²) in [5, 5.41) is 1.89. The Hall–Kier alpha value is -2.52. The number of hydrogen-bond acceptors (Lipinski definition) is 5. The third kappa shape index (κ3) is 5.35. The van der Waals surface area contributed by atoms with Crippen LogP contribution < -0.4 is 10.0 Å². The summed E-state index contributed by atoms with van der Waals surface area (Å²) >= 11 is 1.18. The molecule has 0 aromatic heterocycles. The van der Waals surface area contributed by atoms with Gasteiger partial charge in [0.15, 0.2) is 5.25 Å². The molecule has 2 aliphatic heterocycles. The number of nitrogens with zero attached hydrogens (tertiary/aromatic N) is 1. The highest BCUT2D eigenvalue weighted by Gasteiger charge is 2.36. The number of fused-ring (bicyclic) bond motifs is 1. The summed E-state index contributed by atoms with van der Waals surface area (Å²) in [6, 6.07) is 11.9. The number of benzene rings is 2. The van der Waals surface area contributed by atoms with Crippen molar-refractivity contribution in [3.63, 3.8) is 0 Å². The molecule has 1 atom stereocenters. The number of rotatable bonds is 5. The fourth-order valence-electron chi connectivity index (χ4n) is 4.03. The zero-order chi connectivity index (χ0) is 23.6. The lowest BCUT2D eigenvalue weighted by molar-refractivity contribution is -0.133. The van der Waals surface area contributed by atoms with Gasteiger partial charge in [-0.15, -0.1) is 11.8 Å². The molecular weight excluding hydrogens is 458 g/mol. The van der Waals surface area contributed by atoms with E-state index < -0.39 is 21.2 Å². The van der Waals surface area contributed by atoms with Crippen molar-refractivity contribution in [1.82, 2.24) is 4.90 Å². The van der Waals surface area contributed by atoms with Crippen LogP contribution in [0.2, 0.25) is 0 Å². The van der Waals surface area contributed by atoms with E-state index in [0.29, 0.717) is 35.3 Å². The van der Waals surface area contributed by atoms with E-state index in [1.54, 1.807) is 23.1 Å². The van der Waals surface area contributed by atoms with Crippen LogP contribution in [0.4, 0.5) is 11.4 Å². The SMILES string of the molecule is CC(C)c1ccc(NS(=O)(=O)c2ccc3c(c2)NC(=O)C(C(=O)N2CCCCCC2)S3)cc1. The number of thioether (sulfide) groups is 1. The fourth-order valence-corrected chi connectivity index (χ4v) is 6.16. The minimum absolute atomic E-state index is 0.0485. The number of carbonyl (C=O) groups is 2. The Bertz CT molecular complexity index is 1140. The third-order valence-electron chi connectivity index (χ3n) is 5.97. The molecule has 0 saturated carbocycles. The van der Waals surface area contributed by atoms with E-state index in [1.807, 2.05) is 12.1 Å². The summed E-state index contributed by atoms with van der Waals surface area (Å²) in [6.45, 7) is 5.50. The van der Waals surface area contributed by atoms with Crippen LogP contribution in [0.15, 0.2) is 52.3 Å². The first-order valence-corrected chi connectivity index (χ1v) is 13.6. The Morgan fingerprint density at radius 3 is 2.36 bits per heavy atom. The summed E-state index contributed by atoms with van der Waals surface area (Å²) in [5.74, 6) is -0.228. The highest BCUT2D eigenvalue weighted by atomic mass is 32.2. The van der Waals surface area contributed by atoms with Crippen molar-refractivity contribution in [2.75, 3.05) is 23.1 Å². The first-order chi connectivity index (χ1) is 15.7. The summed E-state index contributed by atoms with van der Waals surface area (Å²) in [5.41, 5.74) is 2.00. The first-order valence-electron chi connectivity index (χ1n) is 11.3. The molecule has 1 fully saturated rings. The quantitative estimate of drug-likeness (QED) is 0.609. The monoisotopic (exact) mass is 487 g/mol. The second-order valence-corrected chi connectivity index (χ2v) is 11.6. The highest BCUT2D eigenvalue weighted by molar-refractivity contribution is 8.01. The summed E-state index contributed by atoms with van der Waals surface area (Å²) in [6.07, 6.45) is 4.11. The Kier molecular flexibility index (Phi) is 6.99. The van der Waals surface area contributed by atoms with Crippen molar-refractivity contribution in [2.24, 2.45) is 0 Å². The van der Waals surface area contributed by atoms with Crippen molar-refractivity contribution in [3.8, 4) is 0 Å². The lowest BCUT2D eigenvalue weighted by atomic mass is 10.0. The molecule has 2 aromatic rings. The van der Waals surface area contributed by atoms with Gasteiger partial charge < -0.3 is 10.2 Å².